The van der Waals surface area contributed by atoms with Gasteiger partial charge in [0, 0.05) is 61.7 Å². The summed E-state index contributed by atoms with van der Waals surface area (Å²) in [5.74, 6) is 0.240. The lowest BCUT2D eigenvalue weighted by atomic mass is 9.73. The van der Waals surface area contributed by atoms with Crippen LogP contribution in [-0.4, -0.2) is 62.7 Å². The number of nitrogens with zero attached hydrogens (tertiary/aromatic N) is 4. The SMILES string of the molecule is O=C1CC[C@]2(CCCN(C(=O)c3cscn3)C2)CN1CCc1cnc[nH]1. The second-order valence-corrected chi connectivity index (χ2v) is 8.06. The summed E-state index contributed by atoms with van der Waals surface area (Å²) in [5, 5.41) is 1.81. The molecule has 2 aliphatic rings. The fourth-order valence-electron chi connectivity index (χ4n) is 4.18. The van der Waals surface area contributed by atoms with Crippen LogP contribution in [-0.2, 0) is 11.2 Å². The number of rotatable bonds is 4. The summed E-state index contributed by atoms with van der Waals surface area (Å²) in [4.78, 5) is 40.3. The van der Waals surface area contributed by atoms with E-state index in [0.717, 1.165) is 51.0 Å². The van der Waals surface area contributed by atoms with E-state index in [1.54, 1.807) is 18.0 Å². The zero-order valence-corrected chi connectivity index (χ0v) is 15.5. The van der Waals surface area contributed by atoms with Gasteiger partial charge in [-0.1, -0.05) is 0 Å². The lowest BCUT2D eigenvalue weighted by Crippen LogP contribution is -2.55. The molecule has 1 atom stereocenters. The molecule has 2 aliphatic heterocycles. The molecule has 0 aromatic carbocycles. The molecule has 1 spiro atoms. The second kappa shape index (κ2) is 7.19. The molecule has 4 rings (SSSR count). The molecule has 2 fully saturated rings. The monoisotopic (exact) mass is 373 g/mol. The van der Waals surface area contributed by atoms with Crippen LogP contribution < -0.4 is 0 Å². The van der Waals surface area contributed by atoms with Gasteiger partial charge < -0.3 is 14.8 Å². The number of amides is 2. The molecule has 2 aromatic heterocycles. The fourth-order valence-corrected chi connectivity index (χ4v) is 4.70. The molecular weight excluding hydrogens is 350 g/mol. The van der Waals surface area contributed by atoms with Gasteiger partial charge in [-0.3, -0.25) is 9.59 Å². The van der Waals surface area contributed by atoms with Crippen LogP contribution in [0.15, 0.2) is 23.4 Å². The summed E-state index contributed by atoms with van der Waals surface area (Å²) >= 11 is 1.45. The first kappa shape index (κ1) is 17.2. The highest BCUT2D eigenvalue weighted by Crippen LogP contribution is 2.39. The van der Waals surface area contributed by atoms with Crippen LogP contribution in [0.2, 0.25) is 0 Å². The van der Waals surface area contributed by atoms with Crippen molar-refractivity contribution < 1.29 is 9.59 Å². The molecule has 0 unspecified atom stereocenters. The molecular formula is C18H23N5O2S. The molecule has 26 heavy (non-hydrogen) atoms. The highest BCUT2D eigenvalue weighted by atomic mass is 32.1. The minimum absolute atomic E-state index is 0.0197. The fraction of sp³-hybridized carbons (Fsp3) is 0.556. The van der Waals surface area contributed by atoms with Crippen molar-refractivity contribution in [3.8, 4) is 0 Å². The minimum atomic E-state index is 0.0197. The van der Waals surface area contributed by atoms with Crippen molar-refractivity contribution in [3.63, 3.8) is 0 Å². The number of carbonyl (C=O) groups is 2. The lowest BCUT2D eigenvalue weighted by molar-refractivity contribution is -0.138. The van der Waals surface area contributed by atoms with E-state index < -0.39 is 0 Å². The quantitative estimate of drug-likeness (QED) is 0.888. The van der Waals surface area contributed by atoms with Crippen LogP contribution >= 0.6 is 11.3 Å². The van der Waals surface area contributed by atoms with E-state index in [1.807, 2.05) is 15.2 Å². The topological polar surface area (TPSA) is 82.2 Å². The third kappa shape index (κ3) is 3.51. The number of hydrogen-bond acceptors (Lipinski definition) is 5. The largest absolute Gasteiger partial charge is 0.348 e. The molecule has 0 aliphatic carbocycles. The van der Waals surface area contributed by atoms with Crippen molar-refractivity contribution in [1.29, 1.82) is 0 Å². The number of thiazole rings is 1. The third-order valence-electron chi connectivity index (χ3n) is 5.55. The standard InChI is InChI=1S/C18H23N5O2S/c24-16-2-5-18(10-22(16)7-3-14-8-19-12-20-14)4-1-6-23(11-18)17(25)15-9-26-13-21-15/h8-9,12-13H,1-7,10-11H2,(H,19,20)/t18-/m1/s1. The number of H-pyrrole nitrogens is 1. The maximum Gasteiger partial charge on any atom is 0.273 e. The zero-order valence-electron chi connectivity index (χ0n) is 14.7. The molecule has 138 valence electrons. The predicted octanol–water partition coefficient (Wildman–Crippen LogP) is 1.95. The Labute approximate surface area is 156 Å². The Morgan fingerprint density at radius 3 is 3.04 bits per heavy atom. The number of imidazole rings is 1. The maximum atomic E-state index is 12.7. The molecule has 7 nitrogen and oxygen atoms in total. The molecule has 0 radical (unpaired) electrons. The number of hydrogen-bond donors (Lipinski definition) is 1. The highest BCUT2D eigenvalue weighted by molar-refractivity contribution is 7.07. The van der Waals surface area contributed by atoms with E-state index in [4.69, 9.17) is 0 Å². The van der Waals surface area contributed by atoms with Gasteiger partial charge in [0.25, 0.3) is 5.91 Å². The Kier molecular flexibility index (Phi) is 4.76. The van der Waals surface area contributed by atoms with Crippen LogP contribution in [0, 0.1) is 5.41 Å². The van der Waals surface area contributed by atoms with Gasteiger partial charge in [-0.2, -0.15) is 0 Å². The number of likely N-dealkylation sites (tertiary alicyclic amines) is 2. The Morgan fingerprint density at radius 2 is 2.27 bits per heavy atom. The first-order valence-electron chi connectivity index (χ1n) is 9.08. The van der Waals surface area contributed by atoms with Crippen LogP contribution in [0.25, 0.3) is 0 Å². The van der Waals surface area contributed by atoms with Crippen molar-refractivity contribution in [2.45, 2.75) is 32.1 Å². The first-order valence-corrected chi connectivity index (χ1v) is 10.0. The molecule has 0 saturated carbocycles. The molecule has 2 aromatic rings. The van der Waals surface area contributed by atoms with Crippen LogP contribution in [0.3, 0.4) is 0 Å². The van der Waals surface area contributed by atoms with Crippen LogP contribution in [0.1, 0.15) is 41.9 Å². The summed E-state index contributed by atoms with van der Waals surface area (Å²) in [6.45, 7) is 2.93. The van der Waals surface area contributed by atoms with Crippen molar-refractivity contribution in [2.24, 2.45) is 5.41 Å². The Morgan fingerprint density at radius 1 is 1.35 bits per heavy atom. The Hall–Kier alpha value is -2.22. The summed E-state index contributed by atoms with van der Waals surface area (Å²) in [7, 11) is 0. The van der Waals surface area contributed by atoms with E-state index in [-0.39, 0.29) is 17.2 Å². The Balaban J connectivity index is 1.43. The maximum absolute atomic E-state index is 12.7. The summed E-state index contributed by atoms with van der Waals surface area (Å²) in [6.07, 6.45) is 7.75. The van der Waals surface area contributed by atoms with Crippen LogP contribution in [0.5, 0.6) is 0 Å². The van der Waals surface area contributed by atoms with E-state index >= 15 is 0 Å². The zero-order chi connectivity index (χ0) is 18.0. The van der Waals surface area contributed by atoms with Crippen LogP contribution in [0.4, 0.5) is 0 Å². The molecule has 8 heteroatoms. The van der Waals surface area contributed by atoms with Gasteiger partial charge >= 0.3 is 0 Å². The molecule has 1 N–H and O–H groups in total. The van der Waals surface area contributed by atoms with Crippen molar-refractivity contribution in [1.82, 2.24) is 24.8 Å². The molecule has 4 heterocycles. The van der Waals surface area contributed by atoms with E-state index in [9.17, 15) is 9.59 Å². The van der Waals surface area contributed by atoms with Gasteiger partial charge in [0.1, 0.15) is 5.69 Å². The van der Waals surface area contributed by atoms with Gasteiger partial charge in [0.05, 0.1) is 11.8 Å². The smallest absolute Gasteiger partial charge is 0.273 e. The molecule has 0 bridgehead atoms. The van der Waals surface area contributed by atoms with Crippen molar-refractivity contribution in [3.05, 3.63) is 34.8 Å². The molecule has 2 saturated heterocycles. The summed E-state index contributed by atoms with van der Waals surface area (Å²) in [5.41, 5.74) is 3.30. The number of carbonyl (C=O) groups excluding carboxylic acids is 2. The van der Waals surface area contributed by atoms with Crippen molar-refractivity contribution in [2.75, 3.05) is 26.2 Å². The highest BCUT2D eigenvalue weighted by Gasteiger charge is 2.42. The number of nitrogens with one attached hydrogen (secondary N) is 1. The van der Waals surface area contributed by atoms with Gasteiger partial charge in [-0.25, -0.2) is 9.97 Å². The number of aromatic amines is 1. The Bertz CT molecular complexity index is 761. The van der Waals surface area contributed by atoms with E-state index in [1.165, 1.54) is 11.3 Å². The first-order chi connectivity index (χ1) is 12.7. The van der Waals surface area contributed by atoms with Gasteiger partial charge in [-0.05, 0) is 19.3 Å². The molecule has 2 amide bonds. The van der Waals surface area contributed by atoms with E-state index in [0.29, 0.717) is 18.7 Å². The lowest BCUT2D eigenvalue weighted by Gasteiger charge is -2.48. The summed E-state index contributed by atoms with van der Waals surface area (Å²) in [6, 6.07) is 0. The summed E-state index contributed by atoms with van der Waals surface area (Å²) < 4.78 is 0. The normalized spacial score (nSPS) is 23.6. The average Bonchev–Trinajstić information content (AvgIpc) is 3.36. The van der Waals surface area contributed by atoms with Crippen molar-refractivity contribution >= 4 is 23.2 Å². The van der Waals surface area contributed by atoms with Gasteiger partial charge in [0.2, 0.25) is 5.91 Å². The third-order valence-corrected chi connectivity index (χ3v) is 6.14. The number of piperidine rings is 2. The van der Waals surface area contributed by atoms with Gasteiger partial charge in [0.15, 0.2) is 0 Å². The number of aromatic nitrogens is 3. The van der Waals surface area contributed by atoms with E-state index in [2.05, 4.69) is 15.0 Å². The second-order valence-electron chi connectivity index (χ2n) is 7.35. The van der Waals surface area contributed by atoms with Gasteiger partial charge in [-0.15, -0.1) is 11.3 Å². The average molecular weight is 373 g/mol. The predicted molar refractivity (Wildman–Crippen MR) is 97.8 cm³/mol. The minimum Gasteiger partial charge on any atom is -0.348 e.